The number of halogens is 1. The topological polar surface area (TPSA) is 50.1 Å². The smallest absolute Gasteiger partial charge is 0.168 e. The van der Waals surface area contributed by atoms with E-state index in [0.29, 0.717) is 18.4 Å². The highest BCUT2D eigenvalue weighted by Crippen LogP contribution is 2.47. The van der Waals surface area contributed by atoms with Crippen molar-refractivity contribution in [3.05, 3.63) is 29.6 Å². The van der Waals surface area contributed by atoms with Crippen molar-refractivity contribution >= 4 is 5.78 Å². The summed E-state index contributed by atoms with van der Waals surface area (Å²) >= 11 is 0. The molecule has 0 saturated heterocycles. The standard InChI is InChI=1S/C16H18FNO2/c1-15(2)7-8-16(10-18,14(15)19)9-11-5-4-6-12(20-3)13(11)17/h4-6H,7-9H2,1-3H3. The first-order chi connectivity index (χ1) is 9.36. The van der Waals surface area contributed by atoms with Gasteiger partial charge in [0, 0.05) is 11.8 Å². The summed E-state index contributed by atoms with van der Waals surface area (Å²) in [6, 6.07) is 6.95. The van der Waals surface area contributed by atoms with Gasteiger partial charge in [-0.25, -0.2) is 4.39 Å². The van der Waals surface area contributed by atoms with Gasteiger partial charge >= 0.3 is 0 Å². The number of carbonyl (C=O) groups is 1. The predicted molar refractivity (Wildman–Crippen MR) is 72.7 cm³/mol. The molecule has 0 amide bonds. The van der Waals surface area contributed by atoms with Gasteiger partial charge in [0.05, 0.1) is 13.2 Å². The quantitative estimate of drug-likeness (QED) is 0.850. The Bertz CT molecular complexity index is 589. The summed E-state index contributed by atoms with van der Waals surface area (Å²) in [6.45, 7) is 3.69. The Morgan fingerprint density at radius 1 is 1.40 bits per heavy atom. The van der Waals surface area contributed by atoms with Crippen LogP contribution in [0.4, 0.5) is 4.39 Å². The number of methoxy groups -OCH3 is 1. The summed E-state index contributed by atoms with van der Waals surface area (Å²) in [4.78, 5) is 12.5. The fraction of sp³-hybridized carbons (Fsp3) is 0.500. The Labute approximate surface area is 118 Å². The van der Waals surface area contributed by atoms with Crippen LogP contribution in [0.5, 0.6) is 5.75 Å². The molecule has 1 unspecified atom stereocenters. The maximum Gasteiger partial charge on any atom is 0.168 e. The molecule has 2 rings (SSSR count). The lowest BCUT2D eigenvalue weighted by Gasteiger charge is -2.22. The number of nitrogens with zero attached hydrogens (tertiary/aromatic N) is 1. The Balaban J connectivity index is 2.38. The summed E-state index contributed by atoms with van der Waals surface area (Å²) < 4.78 is 19.1. The second-order valence-corrected chi connectivity index (χ2v) is 6.02. The van der Waals surface area contributed by atoms with Crippen molar-refractivity contribution in [2.75, 3.05) is 7.11 Å². The van der Waals surface area contributed by atoms with Crippen LogP contribution in [0.1, 0.15) is 32.3 Å². The van der Waals surface area contributed by atoms with E-state index in [4.69, 9.17) is 4.74 Å². The van der Waals surface area contributed by atoms with E-state index in [-0.39, 0.29) is 18.0 Å². The number of ketones is 1. The average Bonchev–Trinajstić information content (AvgIpc) is 2.66. The van der Waals surface area contributed by atoms with Gasteiger partial charge in [0.1, 0.15) is 5.41 Å². The van der Waals surface area contributed by atoms with Gasteiger partial charge in [0.2, 0.25) is 0 Å². The Hall–Kier alpha value is -1.89. The SMILES string of the molecule is COc1cccc(CC2(C#N)CCC(C)(C)C2=O)c1F. The van der Waals surface area contributed by atoms with E-state index >= 15 is 0 Å². The summed E-state index contributed by atoms with van der Waals surface area (Å²) in [7, 11) is 1.39. The minimum Gasteiger partial charge on any atom is -0.494 e. The van der Waals surface area contributed by atoms with Crippen LogP contribution < -0.4 is 4.74 Å². The van der Waals surface area contributed by atoms with Crippen LogP contribution in [-0.2, 0) is 11.2 Å². The van der Waals surface area contributed by atoms with Gasteiger partial charge in [-0.05, 0) is 24.5 Å². The zero-order chi connectivity index (χ0) is 15.0. The minimum atomic E-state index is -1.11. The number of hydrogen-bond acceptors (Lipinski definition) is 3. The van der Waals surface area contributed by atoms with Crippen LogP contribution in [0, 0.1) is 28.0 Å². The van der Waals surface area contributed by atoms with Crippen molar-refractivity contribution < 1.29 is 13.9 Å². The van der Waals surface area contributed by atoms with Crippen molar-refractivity contribution in [2.45, 2.75) is 33.1 Å². The van der Waals surface area contributed by atoms with Gasteiger partial charge in [0.25, 0.3) is 0 Å². The third-order valence-corrected chi connectivity index (χ3v) is 4.20. The molecule has 0 aliphatic heterocycles. The molecule has 20 heavy (non-hydrogen) atoms. The Kier molecular flexibility index (Phi) is 3.56. The number of ether oxygens (including phenoxy) is 1. The summed E-state index contributed by atoms with van der Waals surface area (Å²) in [6.07, 6.45) is 1.24. The monoisotopic (exact) mass is 275 g/mol. The molecular weight excluding hydrogens is 257 g/mol. The minimum absolute atomic E-state index is 0.0882. The van der Waals surface area contributed by atoms with Gasteiger partial charge in [-0.15, -0.1) is 0 Å². The fourth-order valence-electron chi connectivity index (χ4n) is 2.89. The molecule has 0 radical (unpaired) electrons. The highest BCUT2D eigenvalue weighted by Gasteiger charge is 2.52. The molecule has 0 bridgehead atoms. The predicted octanol–water partition coefficient (Wildman–Crippen LogP) is 3.28. The van der Waals surface area contributed by atoms with Crippen molar-refractivity contribution in [3.63, 3.8) is 0 Å². The number of benzene rings is 1. The molecule has 1 atom stereocenters. The average molecular weight is 275 g/mol. The van der Waals surface area contributed by atoms with Crippen LogP contribution in [0.3, 0.4) is 0 Å². The van der Waals surface area contributed by atoms with Gasteiger partial charge in [-0.2, -0.15) is 5.26 Å². The molecule has 0 aromatic heterocycles. The lowest BCUT2D eigenvalue weighted by Crippen LogP contribution is -2.33. The number of carbonyl (C=O) groups excluding carboxylic acids is 1. The van der Waals surface area contributed by atoms with Crippen molar-refractivity contribution in [1.29, 1.82) is 5.26 Å². The highest BCUT2D eigenvalue weighted by atomic mass is 19.1. The van der Waals surface area contributed by atoms with E-state index in [1.54, 1.807) is 12.1 Å². The van der Waals surface area contributed by atoms with Crippen LogP contribution in [-0.4, -0.2) is 12.9 Å². The summed E-state index contributed by atoms with van der Waals surface area (Å²) in [5, 5.41) is 9.47. The Morgan fingerprint density at radius 3 is 2.60 bits per heavy atom. The van der Waals surface area contributed by atoms with Gasteiger partial charge in [-0.1, -0.05) is 26.0 Å². The van der Waals surface area contributed by atoms with Gasteiger partial charge in [0.15, 0.2) is 17.3 Å². The second kappa shape index (κ2) is 4.90. The fourth-order valence-corrected chi connectivity index (χ4v) is 2.89. The first kappa shape index (κ1) is 14.5. The first-order valence-electron chi connectivity index (χ1n) is 6.64. The molecular formula is C16H18FNO2. The van der Waals surface area contributed by atoms with Gasteiger partial charge in [-0.3, -0.25) is 4.79 Å². The van der Waals surface area contributed by atoms with Crippen molar-refractivity contribution in [2.24, 2.45) is 10.8 Å². The maximum absolute atomic E-state index is 14.2. The summed E-state index contributed by atoms with van der Waals surface area (Å²) in [5.74, 6) is -0.433. The largest absolute Gasteiger partial charge is 0.494 e. The molecule has 3 nitrogen and oxygen atoms in total. The van der Waals surface area contributed by atoms with E-state index in [0.717, 1.165) is 0 Å². The lowest BCUT2D eigenvalue weighted by molar-refractivity contribution is -0.130. The van der Waals surface area contributed by atoms with E-state index in [1.165, 1.54) is 13.2 Å². The molecule has 1 aromatic rings. The maximum atomic E-state index is 14.2. The van der Waals surface area contributed by atoms with E-state index < -0.39 is 16.6 Å². The number of rotatable bonds is 3. The highest BCUT2D eigenvalue weighted by molar-refractivity contribution is 5.94. The third kappa shape index (κ3) is 2.18. The molecule has 0 N–H and O–H groups in total. The molecule has 1 saturated carbocycles. The van der Waals surface area contributed by atoms with Gasteiger partial charge < -0.3 is 4.74 Å². The van der Waals surface area contributed by atoms with E-state index in [9.17, 15) is 14.4 Å². The van der Waals surface area contributed by atoms with Crippen LogP contribution in [0.2, 0.25) is 0 Å². The molecule has 0 spiro atoms. The molecule has 1 aromatic carbocycles. The normalized spacial score (nSPS) is 24.4. The zero-order valence-corrected chi connectivity index (χ0v) is 12.0. The van der Waals surface area contributed by atoms with Crippen LogP contribution in [0.25, 0.3) is 0 Å². The number of Topliss-reactive ketones (excluding diaryl/α,β-unsaturated/α-hetero) is 1. The molecule has 4 heteroatoms. The van der Waals surface area contributed by atoms with Crippen LogP contribution >= 0.6 is 0 Å². The Morgan fingerprint density at radius 2 is 2.10 bits per heavy atom. The number of nitriles is 1. The van der Waals surface area contributed by atoms with Crippen molar-refractivity contribution in [3.8, 4) is 11.8 Å². The second-order valence-electron chi connectivity index (χ2n) is 6.02. The third-order valence-electron chi connectivity index (χ3n) is 4.20. The first-order valence-corrected chi connectivity index (χ1v) is 6.64. The van der Waals surface area contributed by atoms with Crippen LogP contribution in [0.15, 0.2) is 18.2 Å². The molecule has 1 aliphatic rings. The molecule has 1 fully saturated rings. The molecule has 0 heterocycles. The van der Waals surface area contributed by atoms with Crippen molar-refractivity contribution in [1.82, 2.24) is 0 Å². The molecule has 1 aliphatic carbocycles. The van der Waals surface area contributed by atoms with E-state index in [2.05, 4.69) is 6.07 Å². The zero-order valence-electron chi connectivity index (χ0n) is 12.0. The number of hydrogen-bond donors (Lipinski definition) is 0. The van der Waals surface area contributed by atoms with E-state index in [1.807, 2.05) is 13.8 Å². The summed E-state index contributed by atoms with van der Waals surface area (Å²) in [5.41, 5.74) is -1.26. The molecule has 106 valence electrons. The lowest BCUT2D eigenvalue weighted by atomic mass is 9.77.